The van der Waals surface area contributed by atoms with Crippen molar-refractivity contribution >= 4 is 5.91 Å². The predicted molar refractivity (Wildman–Crippen MR) is 97.4 cm³/mol. The number of likely N-dealkylation sites (tertiary alicyclic amines) is 1. The zero-order valence-corrected chi connectivity index (χ0v) is 15.8. The van der Waals surface area contributed by atoms with E-state index in [4.69, 9.17) is 9.26 Å². The van der Waals surface area contributed by atoms with Gasteiger partial charge in [0.25, 0.3) is 5.91 Å². The zero-order chi connectivity index (χ0) is 19.5. The van der Waals surface area contributed by atoms with Crippen molar-refractivity contribution in [2.45, 2.75) is 19.3 Å². The van der Waals surface area contributed by atoms with Gasteiger partial charge in [-0.1, -0.05) is 5.16 Å². The average molecular weight is 383 g/mol. The number of carbonyl (C=O) groups is 1. The second-order valence-corrected chi connectivity index (χ2v) is 6.79. The van der Waals surface area contributed by atoms with Gasteiger partial charge in [0.2, 0.25) is 17.6 Å². The maximum absolute atomic E-state index is 12.9. The number of piperidine rings is 1. The van der Waals surface area contributed by atoms with Crippen molar-refractivity contribution in [2.75, 3.05) is 20.2 Å². The van der Waals surface area contributed by atoms with Gasteiger partial charge in [-0.25, -0.2) is 4.98 Å². The molecular formula is C18H21N7O3. The fourth-order valence-corrected chi connectivity index (χ4v) is 3.46. The van der Waals surface area contributed by atoms with Gasteiger partial charge in [0, 0.05) is 45.1 Å². The van der Waals surface area contributed by atoms with Crippen LogP contribution >= 0.6 is 0 Å². The number of aryl methyl sites for hydroxylation is 1. The highest BCUT2D eigenvalue weighted by atomic mass is 16.5. The Morgan fingerprint density at radius 3 is 3.07 bits per heavy atom. The summed E-state index contributed by atoms with van der Waals surface area (Å²) >= 11 is 0. The number of aromatic nitrogens is 6. The number of nitrogens with zero attached hydrogens (tertiary/aromatic N) is 7. The van der Waals surface area contributed by atoms with Gasteiger partial charge in [0.05, 0.1) is 13.3 Å². The van der Waals surface area contributed by atoms with Crippen LogP contribution in [0, 0.1) is 5.92 Å². The van der Waals surface area contributed by atoms with Gasteiger partial charge in [0.1, 0.15) is 11.3 Å². The van der Waals surface area contributed by atoms with Crippen molar-refractivity contribution in [1.29, 1.82) is 0 Å². The Kier molecular flexibility index (Phi) is 5.00. The van der Waals surface area contributed by atoms with Gasteiger partial charge in [-0.15, -0.1) is 5.10 Å². The first-order valence-corrected chi connectivity index (χ1v) is 9.10. The molecule has 0 saturated carbocycles. The topological polar surface area (TPSA) is 112 Å². The second kappa shape index (κ2) is 7.75. The Bertz CT molecular complexity index is 953. The number of methoxy groups -OCH3 is 1. The van der Waals surface area contributed by atoms with Crippen LogP contribution in [0.3, 0.4) is 0 Å². The first-order chi connectivity index (χ1) is 13.6. The summed E-state index contributed by atoms with van der Waals surface area (Å²) in [6.07, 6.45) is 8.99. The number of hydrogen-bond acceptors (Lipinski definition) is 8. The van der Waals surface area contributed by atoms with E-state index in [2.05, 4.69) is 25.2 Å². The molecule has 1 amide bonds. The highest BCUT2D eigenvalue weighted by molar-refractivity contribution is 5.96. The molecule has 0 unspecified atom stereocenters. The number of ether oxygens (including phenoxy) is 1. The van der Waals surface area contributed by atoms with Crippen molar-refractivity contribution in [3.63, 3.8) is 0 Å². The Labute approximate surface area is 161 Å². The molecule has 1 atom stereocenters. The smallest absolute Gasteiger partial charge is 0.260 e. The van der Waals surface area contributed by atoms with Gasteiger partial charge in [-0.05, 0) is 18.8 Å². The van der Waals surface area contributed by atoms with Crippen molar-refractivity contribution < 1.29 is 14.1 Å². The first-order valence-electron chi connectivity index (χ1n) is 9.10. The number of rotatable bonds is 5. The van der Waals surface area contributed by atoms with Crippen LogP contribution in [0.25, 0.3) is 11.5 Å². The summed E-state index contributed by atoms with van der Waals surface area (Å²) < 4.78 is 12.2. The molecule has 1 fully saturated rings. The molecule has 1 saturated heterocycles. The normalized spacial score (nSPS) is 16.9. The van der Waals surface area contributed by atoms with E-state index in [0.717, 1.165) is 12.8 Å². The molecule has 0 radical (unpaired) electrons. The molecule has 0 spiro atoms. The van der Waals surface area contributed by atoms with Crippen LogP contribution in [0.5, 0.6) is 5.88 Å². The van der Waals surface area contributed by atoms with Gasteiger partial charge >= 0.3 is 0 Å². The van der Waals surface area contributed by atoms with Crippen LogP contribution in [-0.4, -0.2) is 60.9 Å². The summed E-state index contributed by atoms with van der Waals surface area (Å²) in [5.74, 6) is 1.49. The molecule has 0 bridgehead atoms. The van der Waals surface area contributed by atoms with Crippen LogP contribution in [0.4, 0.5) is 0 Å². The quantitative estimate of drug-likeness (QED) is 0.649. The Hall–Kier alpha value is -3.30. The lowest BCUT2D eigenvalue weighted by molar-refractivity contribution is 0.0664. The van der Waals surface area contributed by atoms with E-state index < -0.39 is 0 Å². The largest absolute Gasteiger partial charge is 0.479 e. The Morgan fingerprint density at radius 1 is 1.39 bits per heavy atom. The molecule has 10 heteroatoms. The monoisotopic (exact) mass is 383 g/mol. The third-order valence-electron chi connectivity index (χ3n) is 4.75. The minimum absolute atomic E-state index is 0.0690. The van der Waals surface area contributed by atoms with Crippen LogP contribution in [-0.2, 0) is 13.5 Å². The van der Waals surface area contributed by atoms with Crippen molar-refractivity contribution in [3.05, 3.63) is 36.2 Å². The predicted octanol–water partition coefficient (Wildman–Crippen LogP) is 1.36. The number of amides is 1. The molecular weight excluding hydrogens is 362 g/mol. The maximum atomic E-state index is 12.9. The van der Waals surface area contributed by atoms with E-state index in [1.807, 2.05) is 4.90 Å². The summed E-state index contributed by atoms with van der Waals surface area (Å²) in [5.41, 5.74) is 1.05. The number of hydrogen-bond donors (Lipinski definition) is 0. The lowest BCUT2D eigenvalue weighted by atomic mass is 9.94. The average Bonchev–Trinajstić information content (AvgIpc) is 3.34. The molecule has 28 heavy (non-hydrogen) atoms. The lowest BCUT2D eigenvalue weighted by Gasteiger charge is -2.32. The van der Waals surface area contributed by atoms with Crippen LogP contribution < -0.4 is 4.74 Å². The van der Waals surface area contributed by atoms with E-state index in [1.54, 1.807) is 36.5 Å². The molecule has 0 aliphatic carbocycles. The minimum atomic E-state index is -0.0690. The first kappa shape index (κ1) is 18.1. The SMILES string of the molecule is COc1nn(C)cc1C(=O)N1CCC[C@@H](Cc2nc(-c3cnccn3)no2)C1. The zero-order valence-electron chi connectivity index (χ0n) is 15.8. The molecule has 0 N–H and O–H groups in total. The van der Waals surface area contributed by atoms with Gasteiger partial charge < -0.3 is 14.2 Å². The molecule has 3 aromatic rings. The fourth-order valence-electron chi connectivity index (χ4n) is 3.46. The van der Waals surface area contributed by atoms with E-state index in [9.17, 15) is 4.79 Å². The third-order valence-corrected chi connectivity index (χ3v) is 4.75. The highest BCUT2D eigenvalue weighted by Crippen LogP contribution is 2.25. The summed E-state index contributed by atoms with van der Waals surface area (Å²) in [7, 11) is 3.28. The van der Waals surface area contributed by atoms with Crippen LogP contribution in [0.2, 0.25) is 0 Å². The van der Waals surface area contributed by atoms with Crippen LogP contribution in [0.15, 0.2) is 29.3 Å². The molecule has 4 rings (SSSR count). The highest BCUT2D eigenvalue weighted by Gasteiger charge is 2.29. The molecule has 10 nitrogen and oxygen atoms in total. The standard InChI is InChI=1S/C18H21N7O3/c1-24-11-13(17(22-24)27-2)18(26)25-7-3-4-12(10-25)8-15-21-16(23-28-15)14-9-19-5-6-20-14/h5-6,9,11-12H,3-4,7-8,10H2,1-2H3/t12-/m0/s1. The Balaban J connectivity index is 1.43. The summed E-state index contributed by atoms with van der Waals surface area (Å²) in [4.78, 5) is 27.4. The van der Waals surface area contributed by atoms with Gasteiger partial charge in [-0.2, -0.15) is 4.98 Å². The lowest BCUT2D eigenvalue weighted by Crippen LogP contribution is -2.40. The Morgan fingerprint density at radius 2 is 2.29 bits per heavy atom. The van der Waals surface area contributed by atoms with Gasteiger partial charge in [0.15, 0.2) is 0 Å². The summed E-state index contributed by atoms with van der Waals surface area (Å²) in [6, 6.07) is 0. The molecule has 4 heterocycles. The van der Waals surface area contributed by atoms with Crippen molar-refractivity contribution in [1.82, 2.24) is 34.8 Å². The van der Waals surface area contributed by atoms with E-state index in [0.29, 0.717) is 48.4 Å². The fraction of sp³-hybridized carbons (Fsp3) is 0.444. The molecule has 1 aliphatic heterocycles. The summed E-state index contributed by atoms with van der Waals surface area (Å²) in [5, 5.41) is 8.15. The third kappa shape index (κ3) is 3.71. The number of carbonyl (C=O) groups excluding carboxylic acids is 1. The minimum Gasteiger partial charge on any atom is -0.479 e. The van der Waals surface area contributed by atoms with E-state index in [1.165, 1.54) is 7.11 Å². The van der Waals surface area contributed by atoms with Crippen molar-refractivity contribution in [3.8, 4) is 17.4 Å². The van der Waals surface area contributed by atoms with Gasteiger partial charge in [-0.3, -0.25) is 14.5 Å². The van der Waals surface area contributed by atoms with Crippen molar-refractivity contribution in [2.24, 2.45) is 13.0 Å². The maximum Gasteiger partial charge on any atom is 0.260 e. The molecule has 146 valence electrons. The molecule has 3 aromatic heterocycles. The van der Waals surface area contributed by atoms with Crippen LogP contribution in [0.1, 0.15) is 29.1 Å². The summed E-state index contributed by atoms with van der Waals surface area (Å²) in [6.45, 7) is 1.34. The second-order valence-electron chi connectivity index (χ2n) is 6.79. The molecule has 0 aromatic carbocycles. The molecule has 1 aliphatic rings. The van der Waals surface area contributed by atoms with E-state index in [-0.39, 0.29) is 11.8 Å². The van der Waals surface area contributed by atoms with E-state index >= 15 is 0 Å².